The number of nitrogens with zero attached hydrogens (tertiary/aromatic N) is 1. The molecule has 0 unspecified atom stereocenters. The van der Waals surface area contributed by atoms with E-state index in [-0.39, 0.29) is 0 Å². The third-order valence-corrected chi connectivity index (χ3v) is 3.28. The molecule has 2 rings (SSSR count). The van der Waals surface area contributed by atoms with Crippen LogP contribution in [0.1, 0.15) is 12.5 Å². The van der Waals surface area contributed by atoms with Gasteiger partial charge >= 0.3 is 11.8 Å². The molecule has 0 aliphatic heterocycles. The Hall–Kier alpha value is -2.82. The lowest BCUT2D eigenvalue weighted by molar-refractivity contribution is -0.134. The predicted molar refractivity (Wildman–Crippen MR) is 88.7 cm³/mol. The minimum Gasteiger partial charge on any atom is -0.397 e. The number of nitrogen functional groups attached to an aromatic ring is 1. The number of benzene rings is 2. The van der Waals surface area contributed by atoms with Crippen LogP contribution < -0.4 is 16.0 Å². The maximum Gasteiger partial charge on any atom is 0.316 e. The van der Waals surface area contributed by atoms with E-state index in [1.807, 2.05) is 38.1 Å². The van der Waals surface area contributed by atoms with E-state index in [1.165, 1.54) is 4.90 Å². The summed E-state index contributed by atoms with van der Waals surface area (Å²) in [7, 11) is 0. The average Bonchev–Trinajstić information content (AvgIpc) is 2.52. The van der Waals surface area contributed by atoms with Gasteiger partial charge in [-0.05, 0) is 43.7 Å². The number of nitrogens with two attached hydrogens (primary N) is 1. The van der Waals surface area contributed by atoms with Crippen molar-refractivity contribution in [3.8, 4) is 0 Å². The molecule has 0 aliphatic carbocycles. The molecule has 2 aromatic carbocycles. The lowest BCUT2D eigenvalue weighted by Gasteiger charge is -2.20. The summed E-state index contributed by atoms with van der Waals surface area (Å²) in [5.41, 5.74) is 8.32. The summed E-state index contributed by atoms with van der Waals surface area (Å²) in [6.07, 6.45) is 0. The van der Waals surface area contributed by atoms with Gasteiger partial charge in [0.15, 0.2) is 0 Å². The summed E-state index contributed by atoms with van der Waals surface area (Å²) in [5.74, 6) is -1.32. The Morgan fingerprint density at radius 2 is 1.82 bits per heavy atom. The van der Waals surface area contributed by atoms with E-state index >= 15 is 0 Å². The van der Waals surface area contributed by atoms with Gasteiger partial charge in [-0.15, -0.1) is 0 Å². The Kier molecular flexibility index (Phi) is 4.78. The molecule has 5 heteroatoms. The fourth-order valence-electron chi connectivity index (χ4n) is 2.13. The van der Waals surface area contributed by atoms with Crippen molar-refractivity contribution in [2.45, 2.75) is 13.8 Å². The fraction of sp³-hybridized carbons (Fsp3) is 0.176. The number of anilines is 3. The fourth-order valence-corrected chi connectivity index (χ4v) is 2.13. The third kappa shape index (κ3) is 3.44. The molecule has 114 valence electrons. The van der Waals surface area contributed by atoms with E-state index in [2.05, 4.69) is 5.32 Å². The van der Waals surface area contributed by atoms with Crippen LogP contribution in [-0.2, 0) is 9.59 Å². The first-order chi connectivity index (χ1) is 10.5. The number of hydrogen-bond donors (Lipinski definition) is 2. The van der Waals surface area contributed by atoms with Crippen LogP contribution in [0.25, 0.3) is 0 Å². The lowest BCUT2D eigenvalue weighted by atomic mass is 10.2. The molecule has 0 bridgehead atoms. The standard InChI is InChI=1S/C17H19N3O2/c1-3-20(13-7-5-4-6-8-13)17(22)16(21)19-15-11-12(2)9-10-14(15)18/h4-11H,3,18H2,1-2H3,(H,19,21). The van der Waals surface area contributed by atoms with E-state index < -0.39 is 11.8 Å². The number of likely N-dealkylation sites (N-methyl/N-ethyl adjacent to an activating group) is 1. The number of para-hydroxylation sites is 1. The smallest absolute Gasteiger partial charge is 0.316 e. The normalized spacial score (nSPS) is 10.1. The van der Waals surface area contributed by atoms with Gasteiger partial charge in [0.2, 0.25) is 0 Å². The van der Waals surface area contributed by atoms with Crippen molar-refractivity contribution >= 4 is 28.9 Å². The number of amides is 2. The molecule has 3 N–H and O–H groups in total. The molecule has 22 heavy (non-hydrogen) atoms. The number of rotatable bonds is 3. The molecule has 2 aromatic rings. The predicted octanol–water partition coefficient (Wildman–Crippen LogP) is 2.57. The van der Waals surface area contributed by atoms with Crippen molar-refractivity contribution in [2.75, 3.05) is 22.5 Å². The van der Waals surface area contributed by atoms with Crippen molar-refractivity contribution in [1.82, 2.24) is 0 Å². The summed E-state index contributed by atoms with van der Waals surface area (Å²) in [5, 5.41) is 2.58. The number of hydrogen-bond acceptors (Lipinski definition) is 3. The average molecular weight is 297 g/mol. The van der Waals surface area contributed by atoms with E-state index in [4.69, 9.17) is 5.73 Å². The van der Waals surface area contributed by atoms with Crippen LogP contribution in [0.5, 0.6) is 0 Å². The van der Waals surface area contributed by atoms with Gasteiger partial charge in [0.05, 0.1) is 11.4 Å². The summed E-state index contributed by atoms with van der Waals surface area (Å²) < 4.78 is 0. The number of carbonyl (C=O) groups excluding carboxylic acids is 2. The second-order valence-corrected chi connectivity index (χ2v) is 4.93. The molecule has 0 saturated carbocycles. The topological polar surface area (TPSA) is 75.4 Å². The zero-order valence-corrected chi connectivity index (χ0v) is 12.7. The second-order valence-electron chi connectivity index (χ2n) is 4.93. The SMILES string of the molecule is CCN(C(=O)C(=O)Nc1cc(C)ccc1N)c1ccccc1. The highest BCUT2D eigenvalue weighted by Gasteiger charge is 2.22. The Bertz CT molecular complexity index is 684. The molecule has 0 aromatic heterocycles. The minimum atomic E-state index is -0.706. The van der Waals surface area contributed by atoms with E-state index in [0.717, 1.165) is 5.56 Å². The van der Waals surface area contributed by atoms with Gasteiger partial charge in [0.1, 0.15) is 0 Å². The van der Waals surface area contributed by atoms with Crippen LogP contribution in [0.3, 0.4) is 0 Å². The molecule has 0 fully saturated rings. The largest absolute Gasteiger partial charge is 0.397 e. The van der Waals surface area contributed by atoms with E-state index in [1.54, 1.807) is 24.3 Å². The highest BCUT2D eigenvalue weighted by atomic mass is 16.2. The van der Waals surface area contributed by atoms with Crippen molar-refractivity contribution in [3.05, 3.63) is 54.1 Å². The quantitative estimate of drug-likeness (QED) is 0.675. The Balaban J connectivity index is 2.18. The highest BCUT2D eigenvalue weighted by Crippen LogP contribution is 2.20. The zero-order valence-electron chi connectivity index (χ0n) is 12.7. The van der Waals surface area contributed by atoms with Gasteiger partial charge < -0.3 is 16.0 Å². The van der Waals surface area contributed by atoms with Gasteiger partial charge in [-0.1, -0.05) is 24.3 Å². The van der Waals surface area contributed by atoms with E-state index in [0.29, 0.717) is 23.6 Å². The van der Waals surface area contributed by atoms with Gasteiger partial charge in [0, 0.05) is 12.2 Å². The molecule has 0 radical (unpaired) electrons. The molecule has 0 atom stereocenters. The first-order valence-electron chi connectivity index (χ1n) is 7.07. The van der Waals surface area contributed by atoms with Crippen LogP contribution >= 0.6 is 0 Å². The van der Waals surface area contributed by atoms with Gasteiger partial charge in [0.25, 0.3) is 0 Å². The van der Waals surface area contributed by atoms with Gasteiger partial charge in [-0.3, -0.25) is 9.59 Å². The van der Waals surface area contributed by atoms with Crippen molar-refractivity contribution < 1.29 is 9.59 Å². The molecule has 0 aliphatic rings. The summed E-state index contributed by atoms with van der Waals surface area (Å²) in [6, 6.07) is 14.4. The van der Waals surface area contributed by atoms with E-state index in [9.17, 15) is 9.59 Å². The maximum atomic E-state index is 12.3. The number of aryl methyl sites for hydroxylation is 1. The van der Waals surface area contributed by atoms with Crippen LogP contribution in [0.4, 0.5) is 17.1 Å². The zero-order chi connectivity index (χ0) is 16.1. The number of nitrogens with one attached hydrogen (secondary N) is 1. The monoisotopic (exact) mass is 297 g/mol. The second kappa shape index (κ2) is 6.76. The Morgan fingerprint density at radius 1 is 1.14 bits per heavy atom. The lowest BCUT2D eigenvalue weighted by Crippen LogP contribution is -2.39. The van der Waals surface area contributed by atoms with Gasteiger partial charge in [-0.25, -0.2) is 0 Å². The molecule has 0 heterocycles. The minimum absolute atomic E-state index is 0.402. The highest BCUT2D eigenvalue weighted by molar-refractivity contribution is 6.44. The third-order valence-electron chi connectivity index (χ3n) is 3.28. The Labute approximate surface area is 129 Å². The molecule has 0 spiro atoms. The van der Waals surface area contributed by atoms with Crippen LogP contribution in [0, 0.1) is 6.92 Å². The van der Waals surface area contributed by atoms with Gasteiger partial charge in [-0.2, -0.15) is 0 Å². The first kappa shape index (κ1) is 15.6. The molecule has 0 saturated heterocycles. The first-order valence-corrected chi connectivity index (χ1v) is 7.07. The van der Waals surface area contributed by atoms with Crippen LogP contribution in [-0.4, -0.2) is 18.4 Å². The molecule has 2 amide bonds. The molecule has 5 nitrogen and oxygen atoms in total. The summed E-state index contributed by atoms with van der Waals surface area (Å²) in [4.78, 5) is 26.0. The molecular formula is C17H19N3O2. The molecular weight excluding hydrogens is 278 g/mol. The van der Waals surface area contributed by atoms with Crippen molar-refractivity contribution in [3.63, 3.8) is 0 Å². The Morgan fingerprint density at radius 3 is 2.45 bits per heavy atom. The van der Waals surface area contributed by atoms with Crippen LogP contribution in [0.2, 0.25) is 0 Å². The summed E-state index contributed by atoms with van der Waals surface area (Å²) >= 11 is 0. The van der Waals surface area contributed by atoms with Crippen molar-refractivity contribution in [1.29, 1.82) is 0 Å². The van der Waals surface area contributed by atoms with Crippen molar-refractivity contribution in [2.24, 2.45) is 0 Å². The number of carbonyl (C=O) groups is 2. The summed E-state index contributed by atoms with van der Waals surface area (Å²) in [6.45, 7) is 4.11. The maximum absolute atomic E-state index is 12.3. The van der Waals surface area contributed by atoms with Crippen LogP contribution in [0.15, 0.2) is 48.5 Å².